The van der Waals surface area contributed by atoms with Gasteiger partial charge in [-0.05, 0) is 43.0 Å². The minimum absolute atomic E-state index is 0.0154. The Labute approximate surface area is 180 Å². The maximum absolute atomic E-state index is 14.8. The van der Waals surface area contributed by atoms with Gasteiger partial charge in [0.25, 0.3) is 0 Å². The molecular formula is C25H24FNO4. The first-order valence-electron chi connectivity index (χ1n) is 10.1. The van der Waals surface area contributed by atoms with E-state index in [9.17, 15) is 14.0 Å². The standard InChI is InChI=1S/C25H24FNO4/c1-14-22(25(29)31-3)23(18-6-4-5-7-19(18)26)24-20(27-14)12-16(13-21(24)28)15-8-10-17(30-2)11-9-15/h4-11,16,23,27H,12-13H2,1-3H3/t16-,23+/m1/s1. The van der Waals surface area contributed by atoms with E-state index in [2.05, 4.69) is 5.32 Å². The highest BCUT2D eigenvalue weighted by Crippen LogP contribution is 2.46. The molecule has 0 amide bonds. The Morgan fingerprint density at radius 3 is 2.42 bits per heavy atom. The molecule has 2 aromatic rings. The molecule has 160 valence electrons. The van der Waals surface area contributed by atoms with Crippen molar-refractivity contribution >= 4 is 11.8 Å². The number of carbonyl (C=O) groups is 2. The number of ketones is 1. The molecule has 0 saturated heterocycles. The van der Waals surface area contributed by atoms with Crippen LogP contribution in [0.25, 0.3) is 0 Å². The number of nitrogens with one attached hydrogen (secondary N) is 1. The van der Waals surface area contributed by atoms with Crippen molar-refractivity contribution in [3.8, 4) is 5.75 Å². The summed E-state index contributed by atoms with van der Waals surface area (Å²) in [5, 5.41) is 3.25. The number of Topliss-reactive ketones (excluding diaryl/α,β-unsaturated/α-hetero) is 1. The SMILES string of the molecule is COC(=O)C1=C(C)NC2=C(C(=O)C[C@H](c3ccc(OC)cc3)C2)[C@H]1c1ccccc1F. The highest BCUT2D eigenvalue weighted by Gasteiger charge is 2.42. The Morgan fingerprint density at radius 2 is 1.77 bits per heavy atom. The Hall–Kier alpha value is -3.41. The second-order valence-corrected chi connectivity index (χ2v) is 7.80. The van der Waals surface area contributed by atoms with E-state index in [-0.39, 0.29) is 23.7 Å². The van der Waals surface area contributed by atoms with Gasteiger partial charge in [0.15, 0.2) is 5.78 Å². The number of hydrogen-bond donors (Lipinski definition) is 1. The molecule has 1 aliphatic carbocycles. The van der Waals surface area contributed by atoms with Crippen molar-refractivity contribution in [3.05, 3.63) is 88.0 Å². The smallest absolute Gasteiger partial charge is 0.336 e. The molecule has 0 fully saturated rings. The summed E-state index contributed by atoms with van der Waals surface area (Å²) < 4.78 is 25.0. The zero-order valence-corrected chi connectivity index (χ0v) is 17.7. The first-order valence-corrected chi connectivity index (χ1v) is 10.1. The van der Waals surface area contributed by atoms with E-state index in [1.54, 1.807) is 32.2 Å². The van der Waals surface area contributed by atoms with Crippen LogP contribution in [0.4, 0.5) is 4.39 Å². The van der Waals surface area contributed by atoms with E-state index < -0.39 is 17.7 Å². The van der Waals surface area contributed by atoms with Crippen LogP contribution in [0, 0.1) is 5.82 Å². The van der Waals surface area contributed by atoms with E-state index in [0.717, 1.165) is 17.0 Å². The molecule has 0 aromatic heterocycles. The van der Waals surface area contributed by atoms with Crippen LogP contribution < -0.4 is 10.1 Å². The Kier molecular flexibility index (Phi) is 5.63. The monoisotopic (exact) mass is 421 g/mol. The summed E-state index contributed by atoms with van der Waals surface area (Å²) in [6.07, 6.45) is 0.870. The van der Waals surface area contributed by atoms with Gasteiger partial charge in [0.1, 0.15) is 11.6 Å². The molecule has 6 heteroatoms. The largest absolute Gasteiger partial charge is 0.497 e. The Bertz CT molecular complexity index is 1100. The van der Waals surface area contributed by atoms with E-state index in [4.69, 9.17) is 9.47 Å². The van der Waals surface area contributed by atoms with Gasteiger partial charge in [-0.2, -0.15) is 0 Å². The molecule has 2 aliphatic rings. The molecule has 1 aliphatic heterocycles. The molecule has 31 heavy (non-hydrogen) atoms. The number of rotatable bonds is 4. The third-order valence-corrected chi connectivity index (χ3v) is 6.04. The molecule has 5 nitrogen and oxygen atoms in total. The molecule has 4 rings (SSSR count). The second-order valence-electron chi connectivity index (χ2n) is 7.80. The summed E-state index contributed by atoms with van der Waals surface area (Å²) in [5.74, 6) is -1.19. The third kappa shape index (κ3) is 3.74. The van der Waals surface area contributed by atoms with Crippen LogP contribution in [0.15, 0.2) is 71.1 Å². The lowest BCUT2D eigenvalue weighted by atomic mass is 9.71. The van der Waals surface area contributed by atoms with Gasteiger partial charge < -0.3 is 14.8 Å². The maximum atomic E-state index is 14.8. The highest BCUT2D eigenvalue weighted by molar-refractivity contribution is 6.04. The number of allylic oxidation sites excluding steroid dienone is 3. The number of benzene rings is 2. The van der Waals surface area contributed by atoms with E-state index >= 15 is 0 Å². The maximum Gasteiger partial charge on any atom is 0.336 e. The lowest BCUT2D eigenvalue weighted by Crippen LogP contribution is -2.36. The molecule has 1 N–H and O–H groups in total. The van der Waals surface area contributed by atoms with Gasteiger partial charge in [-0.25, -0.2) is 9.18 Å². The number of ether oxygens (including phenoxy) is 2. The molecule has 1 heterocycles. The van der Waals surface area contributed by atoms with Crippen LogP contribution in [0.5, 0.6) is 5.75 Å². The molecule has 0 unspecified atom stereocenters. The van der Waals surface area contributed by atoms with Gasteiger partial charge in [0.05, 0.1) is 25.7 Å². The highest BCUT2D eigenvalue weighted by atomic mass is 19.1. The third-order valence-electron chi connectivity index (χ3n) is 6.04. The summed E-state index contributed by atoms with van der Waals surface area (Å²) in [5.41, 5.74) is 3.35. The fraction of sp³-hybridized carbons (Fsp3) is 0.280. The first kappa shape index (κ1) is 20.8. The molecule has 2 aromatic carbocycles. The van der Waals surface area contributed by atoms with E-state index in [0.29, 0.717) is 23.3 Å². The number of carbonyl (C=O) groups excluding carboxylic acids is 2. The predicted octanol–water partition coefficient (Wildman–Crippen LogP) is 4.37. The van der Waals surface area contributed by atoms with Gasteiger partial charge in [-0.1, -0.05) is 30.3 Å². The zero-order valence-electron chi connectivity index (χ0n) is 17.7. The summed E-state index contributed by atoms with van der Waals surface area (Å²) in [7, 11) is 2.90. The quantitative estimate of drug-likeness (QED) is 0.743. The van der Waals surface area contributed by atoms with Crippen LogP contribution in [0.1, 0.15) is 42.7 Å². The summed E-state index contributed by atoms with van der Waals surface area (Å²) in [6, 6.07) is 13.9. The Morgan fingerprint density at radius 1 is 1.06 bits per heavy atom. The summed E-state index contributed by atoms with van der Waals surface area (Å²) in [6.45, 7) is 1.76. The fourth-order valence-electron chi connectivity index (χ4n) is 4.55. The molecular weight excluding hydrogens is 397 g/mol. The van der Waals surface area contributed by atoms with Crippen LogP contribution >= 0.6 is 0 Å². The van der Waals surface area contributed by atoms with Gasteiger partial charge in [-0.15, -0.1) is 0 Å². The lowest BCUT2D eigenvalue weighted by Gasteiger charge is -2.36. The number of halogens is 1. The zero-order chi connectivity index (χ0) is 22.1. The minimum atomic E-state index is -0.797. The number of esters is 1. The minimum Gasteiger partial charge on any atom is -0.497 e. The van der Waals surface area contributed by atoms with Crippen LogP contribution in [0.2, 0.25) is 0 Å². The molecule has 0 saturated carbocycles. The van der Waals surface area contributed by atoms with Crippen LogP contribution in [-0.2, 0) is 14.3 Å². The van der Waals surface area contributed by atoms with Crippen LogP contribution in [0.3, 0.4) is 0 Å². The van der Waals surface area contributed by atoms with Crippen molar-refractivity contribution in [2.45, 2.75) is 31.6 Å². The fourth-order valence-corrected chi connectivity index (χ4v) is 4.55. The predicted molar refractivity (Wildman–Crippen MR) is 114 cm³/mol. The second kappa shape index (κ2) is 8.38. The summed E-state index contributed by atoms with van der Waals surface area (Å²) in [4.78, 5) is 26.0. The first-order chi connectivity index (χ1) is 14.9. The van der Waals surface area contributed by atoms with Gasteiger partial charge >= 0.3 is 5.97 Å². The normalized spacial score (nSPS) is 20.8. The van der Waals surface area contributed by atoms with Crippen molar-refractivity contribution in [2.75, 3.05) is 14.2 Å². The molecule has 0 spiro atoms. The average molecular weight is 421 g/mol. The lowest BCUT2D eigenvalue weighted by molar-refractivity contribution is -0.136. The van der Waals surface area contributed by atoms with E-state index in [1.165, 1.54) is 13.2 Å². The van der Waals surface area contributed by atoms with Crippen molar-refractivity contribution in [1.82, 2.24) is 5.32 Å². The summed E-state index contributed by atoms with van der Waals surface area (Å²) >= 11 is 0. The average Bonchev–Trinajstić information content (AvgIpc) is 2.78. The van der Waals surface area contributed by atoms with Crippen molar-refractivity contribution in [1.29, 1.82) is 0 Å². The number of dihydropyridines is 1. The van der Waals surface area contributed by atoms with Crippen molar-refractivity contribution in [2.24, 2.45) is 0 Å². The topological polar surface area (TPSA) is 64.6 Å². The van der Waals surface area contributed by atoms with Crippen LogP contribution in [-0.4, -0.2) is 26.0 Å². The van der Waals surface area contributed by atoms with E-state index in [1.807, 2.05) is 24.3 Å². The van der Waals surface area contributed by atoms with Gasteiger partial charge in [-0.3, -0.25) is 4.79 Å². The van der Waals surface area contributed by atoms with Crippen molar-refractivity contribution in [3.63, 3.8) is 0 Å². The van der Waals surface area contributed by atoms with Gasteiger partial charge in [0, 0.05) is 29.0 Å². The number of hydrogen-bond acceptors (Lipinski definition) is 5. The molecule has 0 radical (unpaired) electrons. The Balaban J connectivity index is 1.79. The number of methoxy groups -OCH3 is 2. The molecule has 2 atom stereocenters. The van der Waals surface area contributed by atoms with Crippen molar-refractivity contribution < 1.29 is 23.5 Å². The molecule has 0 bridgehead atoms. The van der Waals surface area contributed by atoms with Gasteiger partial charge in [0.2, 0.25) is 0 Å².